The average molecular weight is 851 g/mol. The first kappa shape index (κ1) is 55.9. The predicted molar refractivity (Wildman–Crippen MR) is 237 cm³/mol. The van der Waals surface area contributed by atoms with Gasteiger partial charge < -0.3 is 43.6 Å². The molecule has 0 saturated heterocycles. The molecule has 0 aromatic heterocycles. The summed E-state index contributed by atoms with van der Waals surface area (Å²) in [5, 5.41) is 19.9. The number of amides is 4. The van der Waals surface area contributed by atoms with Gasteiger partial charge in [0.1, 0.15) is 6.04 Å². The Morgan fingerprint density at radius 3 is 1.77 bits per heavy atom. The van der Waals surface area contributed by atoms with Crippen LogP contribution in [-0.2, 0) is 33.6 Å². The maximum absolute atomic E-state index is 13.7. The number of carboxylic acid groups (broad SMARTS) is 1. The highest BCUT2D eigenvalue weighted by Gasteiger charge is 2.31. The van der Waals surface area contributed by atoms with Crippen molar-refractivity contribution in [3.05, 3.63) is 0 Å². The van der Waals surface area contributed by atoms with Crippen LogP contribution in [0.15, 0.2) is 4.99 Å². The zero-order valence-electron chi connectivity index (χ0n) is 37.5. The summed E-state index contributed by atoms with van der Waals surface area (Å²) in [4.78, 5) is 94.5. The molecule has 0 radical (unpaired) electrons. The number of Topliss-reactive ketones (excluding diaryl/α,β-unsaturated/α-hetero) is 2. The van der Waals surface area contributed by atoms with Crippen LogP contribution in [0.2, 0.25) is 0 Å². The van der Waals surface area contributed by atoms with E-state index in [1.807, 2.05) is 13.8 Å². The first-order chi connectivity index (χ1) is 28.6. The molecule has 16 heteroatoms. The van der Waals surface area contributed by atoms with E-state index in [0.29, 0.717) is 45.1 Å². The first-order valence-electron chi connectivity index (χ1n) is 22.8. The largest absolute Gasteiger partial charge is 0.481 e. The highest BCUT2D eigenvalue weighted by molar-refractivity contribution is 5.95. The number of nitrogens with two attached hydrogens (primary N) is 3. The van der Waals surface area contributed by atoms with Crippen molar-refractivity contribution in [1.82, 2.24) is 21.3 Å². The molecule has 0 spiro atoms. The van der Waals surface area contributed by atoms with Crippen molar-refractivity contribution in [2.75, 3.05) is 26.7 Å². The fourth-order valence-electron chi connectivity index (χ4n) is 7.17. The minimum atomic E-state index is -1.14. The van der Waals surface area contributed by atoms with E-state index in [0.717, 1.165) is 19.3 Å². The van der Waals surface area contributed by atoms with Gasteiger partial charge in [0.05, 0.1) is 12.6 Å². The molecule has 0 aliphatic heterocycles. The summed E-state index contributed by atoms with van der Waals surface area (Å²) >= 11 is 0. The van der Waals surface area contributed by atoms with Crippen molar-refractivity contribution < 1.29 is 38.7 Å². The van der Waals surface area contributed by atoms with E-state index in [-0.39, 0.29) is 74.5 Å². The topological polar surface area (TPSA) is 278 Å². The molecule has 0 rings (SSSR count). The maximum Gasteiger partial charge on any atom is 0.303 e. The van der Waals surface area contributed by atoms with E-state index in [1.165, 1.54) is 64.8 Å². The SMILES string of the molecule is CCCCCCCCCCCCCCCC(=O)NC(CCC(=O)O)C(=O)NCC(=O)C[C@@H](CC(C)C)C(=O)N[C@@H](CCCN=C(N)N)C(=O)C[C@@H](CCCCN)C(=O)NC. The number of aliphatic imine (C=N–C) groups is 1. The smallest absolute Gasteiger partial charge is 0.303 e. The van der Waals surface area contributed by atoms with Gasteiger partial charge in [-0.05, 0) is 57.4 Å². The van der Waals surface area contributed by atoms with E-state index in [1.54, 1.807) is 0 Å². The van der Waals surface area contributed by atoms with Gasteiger partial charge in [-0.25, -0.2) is 0 Å². The molecule has 0 saturated carbocycles. The zero-order chi connectivity index (χ0) is 45.1. The second-order valence-corrected chi connectivity index (χ2v) is 16.6. The molecule has 1 unspecified atom stereocenters. The van der Waals surface area contributed by atoms with Crippen LogP contribution in [0, 0.1) is 17.8 Å². The van der Waals surface area contributed by atoms with Crippen LogP contribution in [0.5, 0.6) is 0 Å². The Morgan fingerprint density at radius 1 is 0.633 bits per heavy atom. The monoisotopic (exact) mass is 851 g/mol. The first-order valence-corrected chi connectivity index (χ1v) is 22.8. The summed E-state index contributed by atoms with van der Waals surface area (Å²) in [6.45, 7) is 6.26. The second-order valence-electron chi connectivity index (χ2n) is 16.6. The number of carboxylic acids is 1. The summed E-state index contributed by atoms with van der Waals surface area (Å²) in [7, 11) is 1.50. The number of rotatable bonds is 39. The second kappa shape index (κ2) is 35.7. The Morgan fingerprint density at radius 2 is 1.23 bits per heavy atom. The van der Waals surface area contributed by atoms with E-state index in [9.17, 15) is 38.7 Å². The Kier molecular flexibility index (Phi) is 33.2. The molecule has 0 aliphatic rings. The van der Waals surface area contributed by atoms with Gasteiger partial charge >= 0.3 is 5.97 Å². The molecular weight excluding hydrogens is 769 g/mol. The predicted octanol–water partition coefficient (Wildman–Crippen LogP) is 4.54. The molecule has 0 aromatic rings. The number of aliphatic carboxylic acids is 1. The van der Waals surface area contributed by atoms with E-state index >= 15 is 0 Å². The number of hydrogen-bond donors (Lipinski definition) is 8. The number of nitrogens with one attached hydrogen (secondary N) is 4. The molecule has 16 nitrogen and oxygen atoms in total. The van der Waals surface area contributed by atoms with Crippen LogP contribution in [-0.4, -0.2) is 91.0 Å². The van der Waals surface area contributed by atoms with Crippen LogP contribution in [0.25, 0.3) is 0 Å². The number of hydrogen-bond acceptors (Lipinski definition) is 9. The fraction of sp³-hybridized carbons (Fsp3) is 0.818. The third-order valence-corrected chi connectivity index (χ3v) is 10.6. The molecule has 0 bridgehead atoms. The summed E-state index contributed by atoms with van der Waals surface area (Å²) < 4.78 is 0. The lowest BCUT2D eigenvalue weighted by atomic mass is 9.89. The Bertz CT molecular complexity index is 1290. The van der Waals surface area contributed by atoms with Crippen LogP contribution in [0.1, 0.15) is 175 Å². The number of nitrogens with zero attached hydrogens (tertiary/aromatic N) is 1. The molecule has 4 amide bonds. The molecule has 0 heterocycles. The van der Waals surface area contributed by atoms with Crippen molar-refractivity contribution >= 4 is 47.1 Å². The van der Waals surface area contributed by atoms with E-state index in [2.05, 4.69) is 33.2 Å². The normalized spacial score (nSPS) is 13.1. The summed E-state index contributed by atoms with van der Waals surface area (Å²) in [5.41, 5.74) is 16.5. The van der Waals surface area contributed by atoms with E-state index < -0.39 is 54.0 Å². The molecule has 346 valence electrons. The number of unbranched alkanes of at least 4 members (excludes halogenated alkanes) is 13. The number of ketones is 2. The molecule has 11 N–H and O–H groups in total. The number of guanidine groups is 1. The average Bonchev–Trinajstić information content (AvgIpc) is 3.19. The van der Waals surface area contributed by atoms with Gasteiger partial charge in [0, 0.05) is 51.1 Å². The highest BCUT2D eigenvalue weighted by Crippen LogP contribution is 2.20. The number of carbonyl (C=O) groups excluding carboxylic acids is 6. The van der Waals surface area contributed by atoms with Gasteiger partial charge in [-0.3, -0.25) is 38.6 Å². The van der Waals surface area contributed by atoms with Crippen molar-refractivity contribution in [2.24, 2.45) is 39.9 Å². The minimum absolute atomic E-state index is 0.00449. The van der Waals surface area contributed by atoms with Gasteiger partial charge in [-0.15, -0.1) is 0 Å². The summed E-state index contributed by atoms with van der Waals surface area (Å²) in [5.74, 6) is -5.28. The Balaban J connectivity index is 5.36. The van der Waals surface area contributed by atoms with Crippen molar-refractivity contribution in [3.63, 3.8) is 0 Å². The third-order valence-electron chi connectivity index (χ3n) is 10.6. The van der Waals surface area contributed by atoms with E-state index in [4.69, 9.17) is 17.2 Å². The fourth-order valence-corrected chi connectivity index (χ4v) is 7.17. The quantitative estimate of drug-likeness (QED) is 0.0241. The summed E-state index contributed by atoms with van der Waals surface area (Å²) in [6.07, 6.45) is 17.2. The van der Waals surface area contributed by atoms with Crippen molar-refractivity contribution in [2.45, 2.75) is 187 Å². The molecule has 60 heavy (non-hydrogen) atoms. The van der Waals surface area contributed by atoms with Gasteiger partial charge in [0.25, 0.3) is 0 Å². The van der Waals surface area contributed by atoms with Gasteiger partial charge in [-0.1, -0.05) is 104 Å². The molecule has 0 fully saturated rings. The van der Waals surface area contributed by atoms with Crippen molar-refractivity contribution in [3.8, 4) is 0 Å². The molecular formula is C44H82N8O8. The highest BCUT2D eigenvalue weighted by atomic mass is 16.4. The Labute approximate surface area is 359 Å². The van der Waals surface area contributed by atoms with Crippen LogP contribution in [0.3, 0.4) is 0 Å². The molecule has 0 aliphatic carbocycles. The standard InChI is InChI=1S/C44H82N8O8/c1-5-6-7-8-9-10-11-12-13-14-15-16-17-23-39(55)51-37(24-25-40(56)57)43(60)50-31-35(53)29-34(28-32(2)3)42(59)52-36(22-20-27-49-44(46)47)38(54)30-33(41(58)48-4)21-18-19-26-45/h32-34,36-37H,5-31,45H2,1-4H3,(H,48,58)(H,50,60)(H,51,55)(H,52,59)(H,56,57)(H4,46,47,49)/t33-,34-,36+,37?/m1/s1. The number of carbonyl (C=O) groups is 7. The van der Waals surface area contributed by atoms with Crippen LogP contribution in [0.4, 0.5) is 0 Å². The van der Waals surface area contributed by atoms with Crippen LogP contribution >= 0.6 is 0 Å². The Hall–Kier alpha value is -4.08. The minimum Gasteiger partial charge on any atom is -0.481 e. The van der Waals surface area contributed by atoms with Gasteiger partial charge in [0.15, 0.2) is 17.5 Å². The van der Waals surface area contributed by atoms with Crippen LogP contribution < -0.4 is 38.5 Å². The summed E-state index contributed by atoms with van der Waals surface area (Å²) in [6, 6.07) is -2.10. The third kappa shape index (κ3) is 30.0. The molecule has 0 aromatic carbocycles. The maximum atomic E-state index is 13.7. The lowest BCUT2D eigenvalue weighted by molar-refractivity contribution is -0.138. The lowest BCUT2D eigenvalue weighted by Gasteiger charge is -2.24. The van der Waals surface area contributed by atoms with Gasteiger partial charge in [-0.2, -0.15) is 0 Å². The van der Waals surface area contributed by atoms with Crippen molar-refractivity contribution in [1.29, 1.82) is 0 Å². The molecule has 4 atom stereocenters. The zero-order valence-corrected chi connectivity index (χ0v) is 37.5. The lowest BCUT2D eigenvalue weighted by Crippen LogP contribution is -2.48. The van der Waals surface area contributed by atoms with Gasteiger partial charge in [0.2, 0.25) is 23.6 Å².